The van der Waals surface area contributed by atoms with E-state index >= 15 is 0 Å². The molecule has 5 heteroatoms. The molecule has 0 aromatic carbocycles. The van der Waals surface area contributed by atoms with Crippen LogP contribution in [0.5, 0.6) is 0 Å². The fourth-order valence-electron chi connectivity index (χ4n) is 1.94. The van der Waals surface area contributed by atoms with Crippen LogP contribution in [0.3, 0.4) is 0 Å². The number of anilines is 1. The van der Waals surface area contributed by atoms with Crippen molar-refractivity contribution in [3.63, 3.8) is 0 Å². The van der Waals surface area contributed by atoms with E-state index in [1.165, 1.54) is 17.7 Å². The Balaban J connectivity index is 1.94. The number of aromatic nitrogens is 2. The van der Waals surface area contributed by atoms with Gasteiger partial charge in [-0.3, -0.25) is 0 Å². The third-order valence-corrected chi connectivity index (χ3v) is 4.30. The third-order valence-electron chi connectivity index (χ3n) is 3.26. The predicted molar refractivity (Wildman–Crippen MR) is 67.9 cm³/mol. The fourth-order valence-corrected chi connectivity index (χ4v) is 2.87. The molecule has 0 radical (unpaired) electrons. The normalized spacial score (nSPS) is 15.4. The zero-order chi connectivity index (χ0) is 12.0. The number of nitrogens with zero attached hydrogens (tertiary/aromatic N) is 2. The minimum atomic E-state index is 0.569. The highest BCUT2D eigenvalue weighted by Gasteiger charge is 2.25. The molecule has 0 saturated heterocycles. The van der Waals surface area contributed by atoms with Crippen molar-refractivity contribution in [1.29, 1.82) is 0 Å². The van der Waals surface area contributed by atoms with Gasteiger partial charge in [0.15, 0.2) is 5.82 Å². The molecule has 0 atom stereocenters. The van der Waals surface area contributed by atoms with Crippen LogP contribution in [0.1, 0.15) is 29.1 Å². The topological polar surface area (TPSA) is 64.9 Å². The second-order valence-electron chi connectivity index (χ2n) is 4.69. The van der Waals surface area contributed by atoms with Crippen molar-refractivity contribution in [2.24, 2.45) is 5.92 Å². The molecule has 17 heavy (non-hydrogen) atoms. The average Bonchev–Trinajstić information content (AvgIpc) is 2.90. The first kappa shape index (κ1) is 10.8. The molecule has 3 rings (SSSR count). The maximum Gasteiger partial charge on any atom is 0.261 e. The summed E-state index contributed by atoms with van der Waals surface area (Å²) in [7, 11) is 0. The number of thiophene rings is 1. The van der Waals surface area contributed by atoms with E-state index in [4.69, 9.17) is 10.3 Å². The Bertz CT molecular complexity index is 554. The zero-order valence-electron chi connectivity index (χ0n) is 9.99. The van der Waals surface area contributed by atoms with E-state index in [2.05, 4.69) is 17.1 Å². The molecule has 2 aromatic heterocycles. The van der Waals surface area contributed by atoms with Crippen molar-refractivity contribution < 1.29 is 4.52 Å². The Hall–Kier alpha value is -1.36. The lowest BCUT2D eigenvalue weighted by Crippen LogP contribution is -1.90. The Morgan fingerprint density at radius 1 is 1.41 bits per heavy atom. The van der Waals surface area contributed by atoms with Crippen molar-refractivity contribution in [1.82, 2.24) is 10.1 Å². The van der Waals surface area contributed by atoms with Gasteiger partial charge < -0.3 is 10.3 Å². The quantitative estimate of drug-likeness (QED) is 0.908. The molecule has 1 fully saturated rings. The van der Waals surface area contributed by atoms with Gasteiger partial charge >= 0.3 is 0 Å². The van der Waals surface area contributed by atoms with Gasteiger partial charge in [-0.25, -0.2) is 0 Å². The summed E-state index contributed by atoms with van der Waals surface area (Å²) in [6.07, 6.45) is 3.52. The second kappa shape index (κ2) is 3.84. The van der Waals surface area contributed by atoms with Crippen LogP contribution in [-0.4, -0.2) is 10.1 Å². The van der Waals surface area contributed by atoms with Crippen LogP contribution in [0.4, 0.5) is 5.00 Å². The van der Waals surface area contributed by atoms with Crippen LogP contribution >= 0.6 is 11.3 Å². The summed E-state index contributed by atoms with van der Waals surface area (Å²) in [5.74, 6) is 2.15. The predicted octanol–water partition coefficient (Wildman–Crippen LogP) is 2.95. The standard InChI is InChI=1S/C12H15N3OS/c1-6-7(2)17-11(13)10(6)12-14-9(15-16-12)5-8-3-4-8/h8H,3-5,13H2,1-2H3. The van der Waals surface area contributed by atoms with Gasteiger partial charge in [0.05, 0.1) is 10.6 Å². The minimum Gasteiger partial charge on any atom is -0.390 e. The third kappa shape index (κ3) is 1.95. The molecule has 0 bridgehead atoms. The summed E-state index contributed by atoms with van der Waals surface area (Å²) in [5, 5.41) is 4.79. The molecule has 0 unspecified atom stereocenters. The van der Waals surface area contributed by atoms with Crippen LogP contribution in [0, 0.1) is 19.8 Å². The van der Waals surface area contributed by atoms with Crippen LogP contribution in [0.2, 0.25) is 0 Å². The summed E-state index contributed by atoms with van der Waals surface area (Å²) in [6.45, 7) is 4.10. The van der Waals surface area contributed by atoms with Crippen LogP contribution < -0.4 is 5.73 Å². The van der Waals surface area contributed by atoms with Gasteiger partial charge in [0, 0.05) is 11.3 Å². The fraction of sp³-hybridized carbons (Fsp3) is 0.500. The van der Waals surface area contributed by atoms with Crippen molar-refractivity contribution in [2.45, 2.75) is 33.1 Å². The van der Waals surface area contributed by atoms with E-state index in [-0.39, 0.29) is 0 Å². The monoisotopic (exact) mass is 249 g/mol. The van der Waals surface area contributed by atoms with E-state index in [1.54, 1.807) is 11.3 Å². The molecule has 0 amide bonds. The van der Waals surface area contributed by atoms with E-state index < -0.39 is 0 Å². The summed E-state index contributed by atoms with van der Waals surface area (Å²) in [5.41, 5.74) is 8.05. The Labute approximate surface area is 104 Å². The Morgan fingerprint density at radius 3 is 2.76 bits per heavy atom. The van der Waals surface area contributed by atoms with E-state index in [9.17, 15) is 0 Å². The van der Waals surface area contributed by atoms with Crippen LogP contribution in [0.25, 0.3) is 11.5 Å². The first-order valence-electron chi connectivity index (χ1n) is 5.83. The maximum absolute atomic E-state index is 5.99. The van der Waals surface area contributed by atoms with Gasteiger partial charge in [-0.15, -0.1) is 11.3 Å². The summed E-state index contributed by atoms with van der Waals surface area (Å²) in [6, 6.07) is 0. The summed E-state index contributed by atoms with van der Waals surface area (Å²) >= 11 is 1.58. The van der Waals surface area contributed by atoms with E-state index in [0.717, 1.165) is 34.3 Å². The first-order valence-corrected chi connectivity index (χ1v) is 6.65. The number of nitrogen functional groups attached to an aromatic ring is 1. The molecular weight excluding hydrogens is 234 g/mol. The van der Waals surface area contributed by atoms with Gasteiger partial charge in [0.1, 0.15) is 0 Å². The highest BCUT2D eigenvalue weighted by molar-refractivity contribution is 7.16. The Morgan fingerprint density at radius 2 is 2.18 bits per heavy atom. The molecule has 2 aromatic rings. The summed E-state index contributed by atoms with van der Waals surface area (Å²) < 4.78 is 5.32. The minimum absolute atomic E-state index is 0.569. The molecular formula is C12H15N3OS. The molecule has 1 aliphatic carbocycles. The van der Waals surface area contributed by atoms with E-state index in [1.807, 2.05) is 6.92 Å². The van der Waals surface area contributed by atoms with Crippen molar-refractivity contribution in [2.75, 3.05) is 5.73 Å². The molecule has 2 heterocycles. The lowest BCUT2D eigenvalue weighted by molar-refractivity contribution is 0.421. The van der Waals surface area contributed by atoms with Crippen LogP contribution in [-0.2, 0) is 6.42 Å². The number of hydrogen-bond acceptors (Lipinski definition) is 5. The van der Waals surface area contributed by atoms with Crippen molar-refractivity contribution >= 4 is 16.3 Å². The smallest absolute Gasteiger partial charge is 0.261 e. The molecule has 4 nitrogen and oxygen atoms in total. The number of rotatable bonds is 3. The molecule has 2 N–H and O–H groups in total. The lowest BCUT2D eigenvalue weighted by atomic mass is 10.1. The van der Waals surface area contributed by atoms with Gasteiger partial charge in [0.25, 0.3) is 5.89 Å². The van der Waals surface area contributed by atoms with Gasteiger partial charge in [-0.1, -0.05) is 5.16 Å². The first-order chi connectivity index (χ1) is 8.15. The largest absolute Gasteiger partial charge is 0.390 e. The Kier molecular flexibility index (Phi) is 2.43. The zero-order valence-corrected chi connectivity index (χ0v) is 10.8. The second-order valence-corrected chi connectivity index (χ2v) is 5.94. The maximum atomic E-state index is 5.99. The van der Waals surface area contributed by atoms with Gasteiger partial charge in [0.2, 0.25) is 0 Å². The van der Waals surface area contributed by atoms with Crippen molar-refractivity contribution in [3.8, 4) is 11.5 Å². The molecule has 0 aliphatic heterocycles. The SMILES string of the molecule is Cc1sc(N)c(-c2nc(CC3CC3)no2)c1C. The van der Waals surface area contributed by atoms with Crippen LogP contribution in [0.15, 0.2) is 4.52 Å². The molecule has 90 valence electrons. The summed E-state index contributed by atoms with van der Waals surface area (Å²) in [4.78, 5) is 5.65. The lowest BCUT2D eigenvalue weighted by Gasteiger charge is -1.94. The van der Waals surface area contributed by atoms with Crippen molar-refractivity contribution in [3.05, 3.63) is 16.3 Å². The molecule has 1 aliphatic rings. The van der Waals surface area contributed by atoms with Gasteiger partial charge in [-0.2, -0.15) is 4.98 Å². The average molecular weight is 249 g/mol. The molecule has 0 spiro atoms. The van der Waals surface area contributed by atoms with Gasteiger partial charge in [-0.05, 0) is 38.2 Å². The number of nitrogens with two attached hydrogens (primary N) is 1. The van der Waals surface area contributed by atoms with E-state index in [0.29, 0.717) is 5.89 Å². The molecule has 1 saturated carbocycles. The highest BCUT2D eigenvalue weighted by atomic mass is 32.1. The number of aryl methyl sites for hydroxylation is 1. The number of hydrogen-bond donors (Lipinski definition) is 1. The highest BCUT2D eigenvalue weighted by Crippen LogP contribution is 2.38.